The largest absolute Gasteiger partial charge is 0.472 e. The summed E-state index contributed by atoms with van der Waals surface area (Å²) in [6.07, 6.45) is 89.8. The molecule has 0 aliphatic heterocycles. The standard InChI is InChI=1S/C75H144NO8P/c1-3-5-7-9-11-13-15-17-19-21-23-25-27-29-31-33-35-36-38-39-41-43-45-47-49-51-53-55-57-59-61-63-65-67-74(77)81-71-73(72-83-85(79,80)82-70-69-76)84-75(78)68-66-64-62-60-58-56-54-52-50-48-46-44-42-40-37-34-32-30-28-26-24-22-20-18-16-14-12-10-8-6-4-2/h16,18,22,24,28,30,73H,3-15,17,19-21,23,25-27,29,31-72,76H2,1-2H3,(H,79,80)/b18-16-,24-22-,30-28-. The van der Waals surface area contributed by atoms with Gasteiger partial charge in [-0.3, -0.25) is 18.6 Å². The van der Waals surface area contributed by atoms with Gasteiger partial charge in [0.2, 0.25) is 0 Å². The monoisotopic (exact) mass is 1220 g/mol. The zero-order valence-electron chi connectivity index (χ0n) is 56.6. The van der Waals surface area contributed by atoms with Gasteiger partial charge < -0.3 is 20.1 Å². The molecule has 10 heteroatoms. The van der Waals surface area contributed by atoms with E-state index in [1.807, 2.05) is 0 Å². The molecule has 502 valence electrons. The molecule has 0 aromatic carbocycles. The van der Waals surface area contributed by atoms with E-state index in [0.717, 1.165) is 44.9 Å². The van der Waals surface area contributed by atoms with Gasteiger partial charge in [-0.25, -0.2) is 4.57 Å². The lowest BCUT2D eigenvalue weighted by molar-refractivity contribution is -0.161. The zero-order valence-corrected chi connectivity index (χ0v) is 57.5. The molecule has 0 radical (unpaired) electrons. The number of carbonyl (C=O) groups excluding carboxylic acids is 2. The van der Waals surface area contributed by atoms with Crippen molar-refractivity contribution in [3.63, 3.8) is 0 Å². The van der Waals surface area contributed by atoms with E-state index >= 15 is 0 Å². The maximum atomic E-state index is 12.8. The van der Waals surface area contributed by atoms with Crippen molar-refractivity contribution in [3.8, 4) is 0 Å². The molecule has 85 heavy (non-hydrogen) atoms. The Hall–Kier alpha value is -1.77. The van der Waals surface area contributed by atoms with Gasteiger partial charge in [-0.2, -0.15) is 0 Å². The molecule has 2 unspecified atom stereocenters. The van der Waals surface area contributed by atoms with Gasteiger partial charge >= 0.3 is 19.8 Å². The minimum atomic E-state index is -4.39. The summed E-state index contributed by atoms with van der Waals surface area (Å²) in [7, 11) is -4.39. The van der Waals surface area contributed by atoms with E-state index in [1.165, 1.54) is 321 Å². The van der Waals surface area contributed by atoms with Crippen molar-refractivity contribution in [3.05, 3.63) is 36.5 Å². The lowest BCUT2D eigenvalue weighted by Gasteiger charge is -2.19. The first-order valence-electron chi connectivity index (χ1n) is 37.5. The summed E-state index contributed by atoms with van der Waals surface area (Å²) >= 11 is 0. The molecular formula is C75H144NO8P. The van der Waals surface area contributed by atoms with Crippen molar-refractivity contribution in [2.75, 3.05) is 26.4 Å². The summed E-state index contributed by atoms with van der Waals surface area (Å²) in [5.74, 6) is -0.804. The molecular weight excluding hydrogens is 1070 g/mol. The number of ether oxygens (including phenoxy) is 2. The second kappa shape index (κ2) is 71.3. The van der Waals surface area contributed by atoms with Crippen molar-refractivity contribution >= 4 is 19.8 Å². The fourth-order valence-electron chi connectivity index (χ4n) is 11.5. The molecule has 0 saturated carbocycles. The summed E-state index contributed by atoms with van der Waals surface area (Å²) in [5.41, 5.74) is 5.41. The highest BCUT2D eigenvalue weighted by Gasteiger charge is 2.26. The highest BCUT2D eigenvalue weighted by Crippen LogP contribution is 2.43. The van der Waals surface area contributed by atoms with Gasteiger partial charge in [-0.1, -0.05) is 371 Å². The number of phosphoric ester groups is 1. The number of rotatable bonds is 72. The summed E-state index contributed by atoms with van der Waals surface area (Å²) in [4.78, 5) is 35.4. The molecule has 0 saturated heterocycles. The lowest BCUT2D eigenvalue weighted by Crippen LogP contribution is -2.29. The Morgan fingerprint density at radius 1 is 0.353 bits per heavy atom. The second-order valence-corrected chi connectivity index (χ2v) is 27.0. The average molecular weight is 1220 g/mol. The van der Waals surface area contributed by atoms with Gasteiger partial charge in [0, 0.05) is 19.4 Å². The average Bonchev–Trinajstić information content (AvgIpc) is 3.52. The van der Waals surface area contributed by atoms with Gasteiger partial charge in [0.05, 0.1) is 13.2 Å². The molecule has 0 fully saturated rings. The number of hydrogen-bond donors (Lipinski definition) is 2. The van der Waals surface area contributed by atoms with Crippen molar-refractivity contribution < 1.29 is 37.6 Å². The van der Waals surface area contributed by atoms with E-state index in [9.17, 15) is 19.0 Å². The highest BCUT2D eigenvalue weighted by molar-refractivity contribution is 7.47. The van der Waals surface area contributed by atoms with Gasteiger partial charge in [0.15, 0.2) is 6.10 Å². The molecule has 0 heterocycles. The van der Waals surface area contributed by atoms with E-state index in [2.05, 4.69) is 50.3 Å². The summed E-state index contributed by atoms with van der Waals surface area (Å²) in [5, 5.41) is 0. The molecule has 3 N–H and O–H groups in total. The number of hydrogen-bond acceptors (Lipinski definition) is 8. The van der Waals surface area contributed by atoms with E-state index in [4.69, 9.17) is 24.3 Å². The predicted octanol–water partition coefficient (Wildman–Crippen LogP) is 24.6. The van der Waals surface area contributed by atoms with E-state index in [1.54, 1.807) is 0 Å². The third kappa shape index (κ3) is 71.2. The van der Waals surface area contributed by atoms with Crippen LogP contribution in [0.25, 0.3) is 0 Å². The second-order valence-electron chi connectivity index (χ2n) is 25.5. The van der Waals surface area contributed by atoms with Gasteiger partial charge in [0.25, 0.3) is 0 Å². The lowest BCUT2D eigenvalue weighted by atomic mass is 10.0. The first kappa shape index (κ1) is 83.2. The van der Waals surface area contributed by atoms with Crippen molar-refractivity contribution in [1.82, 2.24) is 0 Å². The Morgan fingerprint density at radius 3 is 0.906 bits per heavy atom. The molecule has 0 bridgehead atoms. The van der Waals surface area contributed by atoms with Gasteiger partial charge in [-0.15, -0.1) is 0 Å². The van der Waals surface area contributed by atoms with Crippen LogP contribution in [0.4, 0.5) is 0 Å². The predicted molar refractivity (Wildman–Crippen MR) is 367 cm³/mol. The Bertz CT molecular complexity index is 1490. The SMILES string of the molecule is CCCCCCC/C=C\C/C=C\C/C=C\CCCCCCCCCCCCCCCCCCC(=O)OC(COC(=O)CCCCCCCCCCCCCCCCCCCCCCCCCCCCCCCCCCC)COP(=O)(O)OCCN. The topological polar surface area (TPSA) is 134 Å². The molecule has 0 aliphatic carbocycles. The van der Waals surface area contributed by atoms with Crippen molar-refractivity contribution in [2.45, 2.75) is 405 Å². The van der Waals surface area contributed by atoms with Crippen LogP contribution in [0.5, 0.6) is 0 Å². The molecule has 9 nitrogen and oxygen atoms in total. The highest BCUT2D eigenvalue weighted by atomic mass is 31.2. The normalized spacial score (nSPS) is 13.0. The molecule has 0 aromatic heterocycles. The Morgan fingerprint density at radius 2 is 0.612 bits per heavy atom. The van der Waals surface area contributed by atoms with Crippen LogP contribution < -0.4 is 5.73 Å². The van der Waals surface area contributed by atoms with Crippen molar-refractivity contribution in [1.29, 1.82) is 0 Å². The van der Waals surface area contributed by atoms with Gasteiger partial charge in [0.1, 0.15) is 6.61 Å². The Labute approximate surface area is 528 Å². The fourth-order valence-corrected chi connectivity index (χ4v) is 12.2. The van der Waals surface area contributed by atoms with Crippen molar-refractivity contribution in [2.24, 2.45) is 5.73 Å². The third-order valence-corrected chi connectivity index (χ3v) is 18.0. The maximum absolute atomic E-state index is 12.8. The molecule has 0 spiro atoms. The number of allylic oxidation sites excluding steroid dienone is 6. The number of phosphoric acid groups is 1. The number of carbonyl (C=O) groups is 2. The number of nitrogens with two attached hydrogens (primary N) is 1. The van der Waals surface area contributed by atoms with E-state index in [-0.39, 0.29) is 38.6 Å². The first-order valence-corrected chi connectivity index (χ1v) is 39.0. The molecule has 0 amide bonds. The first-order chi connectivity index (χ1) is 41.8. The smallest absolute Gasteiger partial charge is 0.462 e. The van der Waals surface area contributed by atoms with E-state index in [0.29, 0.717) is 6.42 Å². The van der Waals surface area contributed by atoms with Crippen LogP contribution in [-0.4, -0.2) is 49.3 Å². The van der Waals surface area contributed by atoms with Crippen LogP contribution in [-0.2, 0) is 32.7 Å². The fraction of sp³-hybridized carbons (Fsp3) is 0.893. The van der Waals surface area contributed by atoms with Crippen LogP contribution in [0.3, 0.4) is 0 Å². The zero-order chi connectivity index (χ0) is 61.6. The summed E-state index contributed by atoms with van der Waals surface area (Å²) < 4.78 is 33.2. The van der Waals surface area contributed by atoms with Gasteiger partial charge in [-0.05, 0) is 51.4 Å². The number of unbranched alkanes of at least 4 members (excludes halogenated alkanes) is 53. The minimum Gasteiger partial charge on any atom is -0.462 e. The third-order valence-electron chi connectivity index (χ3n) is 17.0. The quantitative estimate of drug-likeness (QED) is 0.0264. The van der Waals surface area contributed by atoms with Crippen LogP contribution >= 0.6 is 7.82 Å². The minimum absolute atomic E-state index is 0.0558. The van der Waals surface area contributed by atoms with Crippen LogP contribution in [0.15, 0.2) is 36.5 Å². The molecule has 0 aliphatic rings. The molecule has 0 aromatic rings. The van der Waals surface area contributed by atoms with E-state index < -0.39 is 26.5 Å². The maximum Gasteiger partial charge on any atom is 0.472 e. The molecule has 2 atom stereocenters. The van der Waals surface area contributed by atoms with Crippen LogP contribution in [0.2, 0.25) is 0 Å². The number of esters is 2. The Balaban J connectivity index is 3.79. The van der Waals surface area contributed by atoms with Crippen LogP contribution in [0.1, 0.15) is 399 Å². The molecule has 0 rings (SSSR count). The summed E-state index contributed by atoms with van der Waals surface area (Å²) in [6.45, 7) is 3.81. The summed E-state index contributed by atoms with van der Waals surface area (Å²) in [6, 6.07) is 0. The Kier molecular flexibility index (Phi) is 69.8. The van der Waals surface area contributed by atoms with Crippen LogP contribution in [0, 0.1) is 0 Å².